The number of phenolic OH excluding ortho intramolecular Hbond substituents is 3. The molecular formula is C20H22O8. The molecule has 3 N–H and O–H groups in total. The molecule has 0 aromatic heterocycles. The number of hydrogen-bond acceptors (Lipinski definition) is 8. The van der Waals surface area contributed by atoms with Crippen LogP contribution in [0.4, 0.5) is 0 Å². The zero-order valence-corrected chi connectivity index (χ0v) is 15.6. The van der Waals surface area contributed by atoms with E-state index in [1.165, 1.54) is 0 Å². The molecule has 0 spiro atoms. The molecule has 0 unspecified atom stereocenters. The topological polar surface area (TPSA) is 123 Å². The fourth-order valence-corrected chi connectivity index (χ4v) is 2.52. The molecule has 0 heterocycles. The summed E-state index contributed by atoms with van der Waals surface area (Å²) in [4.78, 5) is 23.9. The Hall–Kier alpha value is -3.26. The molecule has 0 bridgehead atoms. The molecular weight excluding hydrogens is 368 g/mol. The van der Waals surface area contributed by atoms with Gasteiger partial charge in [0.15, 0.2) is 17.2 Å². The Labute approximate surface area is 161 Å². The molecule has 8 heteroatoms. The number of ketones is 2. The first-order chi connectivity index (χ1) is 13.3. The van der Waals surface area contributed by atoms with Gasteiger partial charge in [0.1, 0.15) is 18.1 Å². The zero-order chi connectivity index (χ0) is 20.7. The molecule has 0 atom stereocenters. The molecule has 150 valence electrons. The number of hydrogen-bond donors (Lipinski definition) is 3. The summed E-state index contributed by atoms with van der Waals surface area (Å²) < 4.78 is 15.7. The number of carbonyl (C=O) groups excluding carboxylic acids is 2. The molecule has 2 aromatic carbocycles. The normalized spacial score (nSPS) is 10.5. The highest BCUT2D eigenvalue weighted by molar-refractivity contribution is 6.44. The number of methoxy groups -OCH3 is 2. The number of ether oxygens (including phenoxy) is 3. The summed E-state index contributed by atoms with van der Waals surface area (Å²) in [5.74, 6) is -2.53. The Morgan fingerprint density at radius 2 is 1.46 bits per heavy atom. The van der Waals surface area contributed by atoms with Gasteiger partial charge in [-0.1, -0.05) is 0 Å². The Bertz CT molecular complexity index is 814. The van der Waals surface area contributed by atoms with Crippen molar-refractivity contribution < 1.29 is 39.1 Å². The van der Waals surface area contributed by atoms with E-state index in [1.54, 1.807) is 20.3 Å². The standard InChI is InChI=1S/C20H22O8/c1-26-14-6-12(7-15(10-14)27-2)4-3-5-28-11-18(23)19(24)13-8-16(21)20(25)17(22)9-13/h6-10,21-22,25H,3-5,11H2,1-2H3. The minimum absolute atomic E-state index is 0.232. The summed E-state index contributed by atoms with van der Waals surface area (Å²) in [7, 11) is 3.13. The molecule has 0 amide bonds. The average Bonchev–Trinajstić information content (AvgIpc) is 2.70. The van der Waals surface area contributed by atoms with Gasteiger partial charge >= 0.3 is 0 Å². The number of phenols is 3. The van der Waals surface area contributed by atoms with E-state index >= 15 is 0 Å². The average molecular weight is 390 g/mol. The van der Waals surface area contributed by atoms with Gasteiger partial charge in [0.25, 0.3) is 0 Å². The number of aromatic hydroxyl groups is 3. The van der Waals surface area contributed by atoms with E-state index in [1.807, 2.05) is 12.1 Å². The molecule has 0 aliphatic rings. The fourth-order valence-electron chi connectivity index (χ4n) is 2.52. The van der Waals surface area contributed by atoms with Gasteiger partial charge in [0.2, 0.25) is 11.6 Å². The molecule has 0 aliphatic carbocycles. The lowest BCUT2D eigenvalue weighted by Crippen LogP contribution is -2.20. The zero-order valence-electron chi connectivity index (χ0n) is 15.6. The van der Waals surface area contributed by atoms with Crippen molar-refractivity contribution >= 4 is 11.6 Å². The summed E-state index contributed by atoms with van der Waals surface area (Å²) in [5.41, 5.74) is 0.752. The maximum atomic E-state index is 12.0. The van der Waals surface area contributed by atoms with Crippen LogP contribution in [0.3, 0.4) is 0 Å². The van der Waals surface area contributed by atoms with Crippen molar-refractivity contribution in [3.05, 3.63) is 41.5 Å². The highest BCUT2D eigenvalue weighted by Gasteiger charge is 2.20. The molecule has 0 aliphatic heterocycles. The molecule has 2 rings (SSSR count). The van der Waals surface area contributed by atoms with Crippen LogP contribution in [0.2, 0.25) is 0 Å². The minimum atomic E-state index is -0.928. The van der Waals surface area contributed by atoms with E-state index in [-0.39, 0.29) is 12.2 Å². The van der Waals surface area contributed by atoms with Crippen molar-refractivity contribution in [3.8, 4) is 28.7 Å². The van der Waals surface area contributed by atoms with Crippen LogP contribution in [0.1, 0.15) is 22.3 Å². The second-order valence-corrected chi connectivity index (χ2v) is 5.99. The third-order valence-electron chi connectivity index (χ3n) is 3.98. The number of Topliss-reactive ketones (excluding diaryl/α,β-unsaturated/α-hetero) is 2. The number of carbonyl (C=O) groups is 2. The molecule has 0 saturated heterocycles. The first-order valence-corrected chi connectivity index (χ1v) is 8.48. The first kappa shape index (κ1) is 21.0. The maximum absolute atomic E-state index is 12.0. The second kappa shape index (κ2) is 9.61. The molecule has 0 saturated carbocycles. The molecule has 2 aromatic rings. The van der Waals surface area contributed by atoms with Crippen molar-refractivity contribution in [2.45, 2.75) is 12.8 Å². The van der Waals surface area contributed by atoms with E-state index in [9.17, 15) is 24.9 Å². The van der Waals surface area contributed by atoms with Crippen LogP contribution in [0.25, 0.3) is 0 Å². The lowest BCUT2D eigenvalue weighted by Gasteiger charge is -2.09. The van der Waals surface area contributed by atoms with Gasteiger partial charge in [-0.05, 0) is 42.7 Å². The molecule has 0 fully saturated rings. The summed E-state index contributed by atoms with van der Waals surface area (Å²) in [5, 5.41) is 28.1. The summed E-state index contributed by atoms with van der Waals surface area (Å²) >= 11 is 0. The van der Waals surface area contributed by atoms with Gasteiger partial charge in [-0.2, -0.15) is 0 Å². The van der Waals surface area contributed by atoms with Crippen molar-refractivity contribution in [3.63, 3.8) is 0 Å². The van der Waals surface area contributed by atoms with Gasteiger partial charge in [0.05, 0.1) is 14.2 Å². The lowest BCUT2D eigenvalue weighted by atomic mass is 10.1. The lowest BCUT2D eigenvalue weighted by molar-refractivity contribution is -0.119. The Morgan fingerprint density at radius 3 is 2.00 bits per heavy atom. The van der Waals surface area contributed by atoms with Gasteiger partial charge in [-0.3, -0.25) is 9.59 Å². The molecule has 0 radical (unpaired) electrons. The van der Waals surface area contributed by atoms with Crippen molar-refractivity contribution in [2.75, 3.05) is 27.4 Å². The molecule has 28 heavy (non-hydrogen) atoms. The van der Waals surface area contributed by atoms with Crippen LogP contribution in [0.15, 0.2) is 30.3 Å². The van der Waals surface area contributed by atoms with Crippen molar-refractivity contribution in [1.29, 1.82) is 0 Å². The van der Waals surface area contributed by atoms with Gasteiger partial charge in [-0.25, -0.2) is 0 Å². The summed E-state index contributed by atoms with van der Waals surface area (Å²) in [6.07, 6.45) is 1.27. The van der Waals surface area contributed by atoms with E-state index in [2.05, 4.69) is 0 Å². The van der Waals surface area contributed by atoms with E-state index in [4.69, 9.17) is 14.2 Å². The first-order valence-electron chi connectivity index (χ1n) is 8.48. The van der Waals surface area contributed by atoms with Crippen LogP contribution >= 0.6 is 0 Å². The molecule has 8 nitrogen and oxygen atoms in total. The quantitative estimate of drug-likeness (QED) is 0.244. The second-order valence-electron chi connectivity index (χ2n) is 5.99. The number of benzene rings is 2. The Kier molecular flexibility index (Phi) is 7.22. The SMILES string of the molecule is COc1cc(CCCOCC(=O)C(=O)c2cc(O)c(O)c(O)c2)cc(OC)c1. The minimum Gasteiger partial charge on any atom is -0.504 e. The Morgan fingerprint density at radius 1 is 0.893 bits per heavy atom. The van der Waals surface area contributed by atoms with Gasteiger partial charge in [-0.15, -0.1) is 0 Å². The summed E-state index contributed by atoms with van der Waals surface area (Å²) in [6, 6.07) is 7.34. The van der Waals surface area contributed by atoms with E-state index in [0.717, 1.165) is 17.7 Å². The van der Waals surface area contributed by atoms with Crippen LogP contribution in [0, 0.1) is 0 Å². The van der Waals surface area contributed by atoms with Gasteiger partial charge in [0, 0.05) is 18.2 Å². The van der Waals surface area contributed by atoms with E-state index < -0.39 is 35.4 Å². The number of rotatable bonds is 10. The van der Waals surface area contributed by atoms with E-state index in [0.29, 0.717) is 24.3 Å². The van der Waals surface area contributed by atoms with Crippen LogP contribution in [-0.4, -0.2) is 54.3 Å². The highest BCUT2D eigenvalue weighted by Crippen LogP contribution is 2.35. The third-order valence-corrected chi connectivity index (χ3v) is 3.98. The smallest absolute Gasteiger partial charge is 0.231 e. The largest absolute Gasteiger partial charge is 0.504 e. The predicted molar refractivity (Wildman–Crippen MR) is 99.5 cm³/mol. The van der Waals surface area contributed by atoms with Crippen LogP contribution in [-0.2, 0) is 16.0 Å². The van der Waals surface area contributed by atoms with Crippen LogP contribution in [0.5, 0.6) is 28.7 Å². The maximum Gasteiger partial charge on any atom is 0.231 e. The predicted octanol–water partition coefficient (Wildman–Crippen LogP) is 2.22. The fraction of sp³-hybridized carbons (Fsp3) is 0.300. The summed E-state index contributed by atoms with van der Waals surface area (Å²) in [6.45, 7) is -0.173. The van der Waals surface area contributed by atoms with Crippen LogP contribution < -0.4 is 9.47 Å². The monoisotopic (exact) mass is 390 g/mol. The Balaban J connectivity index is 1.82. The highest BCUT2D eigenvalue weighted by atomic mass is 16.5. The number of aryl methyl sites for hydroxylation is 1. The van der Waals surface area contributed by atoms with Crippen molar-refractivity contribution in [2.24, 2.45) is 0 Å². The third kappa shape index (κ3) is 5.37. The van der Waals surface area contributed by atoms with Gasteiger partial charge < -0.3 is 29.5 Å². The van der Waals surface area contributed by atoms with Crippen molar-refractivity contribution in [1.82, 2.24) is 0 Å².